The van der Waals surface area contributed by atoms with Gasteiger partial charge in [-0.15, -0.1) is 0 Å². The van der Waals surface area contributed by atoms with Crippen LogP contribution in [0.3, 0.4) is 0 Å². The summed E-state index contributed by atoms with van der Waals surface area (Å²) in [6, 6.07) is 15.1. The normalized spacial score (nSPS) is 11.3. The Hall–Kier alpha value is -3.59. The second-order valence-electron chi connectivity index (χ2n) is 6.07. The van der Waals surface area contributed by atoms with Crippen molar-refractivity contribution in [2.75, 3.05) is 4.72 Å². The van der Waals surface area contributed by atoms with Crippen LogP contribution in [0.2, 0.25) is 0 Å². The van der Waals surface area contributed by atoms with E-state index in [0.717, 1.165) is 17.7 Å². The fraction of sp³-hybridized carbons (Fsp3) is 0.0500. The third-order valence-electron chi connectivity index (χ3n) is 4.02. The highest BCUT2D eigenvalue weighted by Crippen LogP contribution is 2.26. The molecule has 0 saturated heterocycles. The molecule has 0 spiro atoms. The maximum Gasteiger partial charge on any atom is 0.263 e. The average Bonchev–Trinajstić information content (AvgIpc) is 2.73. The summed E-state index contributed by atoms with van der Waals surface area (Å²) in [6.45, 7) is 0.154. The first kappa shape index (κ1) is 18.8. The smallest absolute Gasteiger partial charge is 0.263 e. The molecule has 9 heteroatoms. The predicted octanol–water partition coefficient (Wildman–Crippen LogP) is 3.54. The molecule has 0 radical (unpaired) electrons. The lowest BCUT2D eigenvalue weighted by atomic mass is 10.3. The van der Waals surface area contributed by atoms with Gasteiger partial charge in [-0.3, -0.25) is 9.71 Å². The molecule has 0 atom stereocenters. The van der Waals surface area contributed by atoms with E-state index < -0.39 is 15.8 Å². The number of para-hydroxylation sites is 2. The van der Waals surface area contributed by atoms with Crippen molar-refractivity contribution in [1.82, 2.24) is 15.0 Å². The van der Waals surface area contributed by atoms with Crippen LogP contribution in [0.15, 0.2) is 78.0 Å². The molecule has 2 aromatic carbocycles. The van der Waals surface area contributed by atoms with E-state index in [1.165, 1.54) is 12.1 Å². The summed E-state index contributed by atoms with van der Waals surface area (Å²) in [6.07, 6.45) is 3.26. The summed E-state index contributed by atoms with van der Waals surface area (Å²) in [5.41, 5.74) is 1.89. The van der Waals surface area contributed by atoms with Gasteiger partial charge in [-0.1, -0.05) is 12.1 Å². The maximum absolute atomic E-state index is 13.1. The van der Waals surface area contributed by atoms with E-state index in [4.69, 9.17) is 4.74 Å². The van der Waals surface area contributed by atoms with E-state index >= 15 is 0 Å². The van der Waals surface area contributed by atoms with Crippen molar-refractivity contribution in [3.05, 3.63) is 84.4 Å². The van der Waals surface area contributed by atoms with E-state index in [9.17, 15) is 12.8 Å². The van der Waals surface area contributed by atoms with Gasteiger partial charge in [0.25, 0.3) is 15.9 Å². The molecule has 4 aromatic rings. The second-order valence-corrected chi connectivity index (χ2v) is 7.75. The van der Waals surface area contributed by atoms with Crippen molar-refractivity contribution < 1.29 is 17.5 Å². The van der Waals surface area contributed by atoms with Gasteiger partial charge < -0.3 is 4.74 Å². The molecule has 0 unspecified atom stereocenters. The maximum atomic E-state index is 13.1. The van der Waals surface area contributed by atoms with Crippen LogP contribution in [-0.2, 0) is 16.6 Å². The minimum absolute atomic E-state index is 0.0335. The Kier molecular flexibility index (Phi) is 5.05. The topological polar surface area (TPSA) is 94.1 Å². The number of sulfonamides is 1. The Balaban J connectivity index is 1.70. The summed E-state index contributed by atoms with van der Waals surface area (Å²) >= 11 is 0. The van der Waals surface area contributed by atoms with Crippen LogP contribution in [0.25, 0.3) is 11.0 Å². The molecule has 1 N–H and O–H groups in total. The molecule has 2 heterocycles. The average molecular weight is 410 g/mol. The first-order valence-corrected chi connectivity index (χ1v) is 10.1. The van der Waals surface area contributed by atoms with Gasteiger partial charge in [0, 0.05) is 12.4 Å². The van der Waals surface area contributed by atoms with Gasteiger partial charge in [-0.25, -0.2) is 22.8 Å². The predicted molar refractivity (Wildman–Crippen MR) is 105 cm³/mol. The third-order valence-corrected chi connectivity index (χ3v) is 5.37. The third kappa shape index (κ3) is 4.30. The molecule has 0 saturated carbocycles. The largest absolute Gasteiger partial charge is 0.470 e. The van der Waals surface area contributed by atoms with Gasteiger partial charge in [-0.05, 0) is 54.1 Å². The Bertz CT molecular complexity index is 1250. The fourth-order valence-electron chi connectivity index (χ4n) is 2.58. The molecule has 7 nitrogen and oxygen atoms in total. The van der Waals surface area contributed by atoms with Gasteiger partial charge in [-0.2, -0.15) is 0 Å². The minimum Gasteiger partial charge on any atom is -0.470 e. The molecule has 146 valence electrons. The molecular formula is C20H15FN4O3S. The lowest BCUT2D eigenvalue weighted by molar-refractivity contribution is 0.295. The van der Waals surface area contributed by atoms with Crippen LogP contribution in [0.5, 0.6) is 5.88 Å². The summed E-state index contributed by atoms with van der Waals surface area (Å²) < 4.78 is 46.7. The number of rotatable bonds is 6. The first-order valence-electron chi connectivity index (χ1n) is 8.58. The number of hydrogen-bond acceptors (Lipinski definition) is 6. The number of nitrogens with one attached hydrogen (secondary N) is 1. The Morgan fingerprint density at radius 3 is 2.24 bits per heavy atom. The van der Waals surface area contributed by atoms with Crippen LogP contribution >= 0.6 is 0 Å². The van der Waals surface area contributed by atoms with Gasteiger partial charge in [0.05, 0.1) is 15.9 Å². The zero-order chi connectivity index (χ0) is 20.3. The van der Waals surface area contributed by atoms with Crippen LogP contribution in [0.1, 0.15) is 5.56 Å². The highest BCUT2D eigenvalue weighted by atomic mass is 32.2. The van der Waals surface area contributed by atoms with Crippen molar-refractivity contribution in [1.29, 1.82) is 0 Å². The molecular weight excluding hydrogens is 395 g/mol. The quantitative estimate of drug-likeness (QED) is 0.523. The number of hydrogen-bond donors (Lipinski definition) is 1. The number of ether oxygens (including phenoxy) is 1. The molecule has 0 aliphatic heterocycles. The van der Waals surface area contributed by atoms with Crippen molar-refractivity contribution in [3.8, 4) is 5.88 Å². The lowest BCUT2D eigenvalue weighted by Crippen LogP contribution is -2.15. The number of anilines is 1. The van der Waals surface area contributed by atoms with Gasteiger partial charge >= 0.3 is 0 Å². The Morgan fingerprint density at radius 2 is 1.55 bits per heavy atom. The van der Waals surface area contributed by atoms with E-state index in [2.05, 4.69) is 19.7 Å². The highest BCUT2D eigenvalue weighted by molar-refractivity contribution is 7.92. The molecule has 0 aliphatic carbocycles. The van der Waals surface area contributed by atoms with Crippen molar-refractivity contribution in [2.45, 2.75) is 11.5 Å². The number of pyridine rings is 1. The van der Waals surface area contributed by atoms with Crippen LogP contribution in [0, 0.1) is 5.82 Å². The lowest BCUT2D eigenvalue weighted by Gasteiger charge is -2.13. The van der Waals surface area contributed by atoms with Gasteiger partial charge in [0.1, 0.15) is 12.4 Å². The van der Waals surface area contributed by atoms with Crippen LogP contribution < -0.4 is 9.46 Å². The Labute approximate surface area is 166 Å². The molecule has 0 bridgehead atoms. The standard InChI is InChI=1S/C20H15FN4O3S/c21-15-5-7-16(8-6-15)29(26,27)25-19-20(28-13-14-9-11-22-12-10-14)24-18-4-2-1-3-17(18)23-19/h1-12H,13H2,(H,23,25). The molecule has 0 aliphatic rings. The Morgan fingerprint density at radius 1 is 0.897 bits per heavy atom. The van der Waals surface area contributed by atoms with Crippen molar-refractivity contribution in [2.24, 2.45) is 0 Å². The monoisotopic (exact) mass is 410 g/mol. The van der Waals surface area contributed by atoms with Crippen molar-refractivity contribution >= 4 is 26.9 Å². The summed E-state index contributed by atoms with van der Waals surface area (Å²) in [4.78, 5) is 12.6. The van der Waals surface area contributed by atoms with Crippen molar-refractivity contribution in [3.63, 3.8) is 0 Å². The molecule has 0 amide bonds. The first-order chi connectivity index (χ1) is 14.0. The second kappa shape index (κ2) is 7.80. The summed E-state index contributed by atoms with van der Waals surface area (Å²) in [5.74, 6) is -0.552. The van der Waals surface area contributed by atoms with Crippen LogP contribution in [0.4, 0.5) is 10.2 Å². The highest BCUT2D eigenvalue weighted by Gasteiger charge is 2.20. The number of nitrogens with zero attached hydrogens (tertiary/aromatic N) is 3. The molecule has 2 aromatic heterocycles. The van der Waals surface area contributed by atoms with E-state index in [1.54, 1.807) is 48.8 Å². The van der Waals surface area contributed by atoms with E-state index in [-0.39, 0.29) is 23.2 Å². The number of fused-ring (bicyclic) bond motifs is 1. The molecule has 4 rings (SSSR count). The minimum atomic E-state index is -4.01. The zero-order valence-electron chi connectivity index (χ0n) is 15.0. The number of aromatic nitrogens is 3. The summed E-state index contributed by atoms with van der Waals surface area (Å²) in [7, 11) is -4.01. The SMILES string of the molecule is O=S(=O)(Nc1nc2ccccc2nc1OCc1ccncc1)c1ccc(F)cc1. The fourth-order valence-corrected chi connectivity index (χ4v) is 3.58. The number of benzene rings is 2. The van der Waals surface area contributed by atoms with Gasteiger partial charge in [0.2, 0.25) is 5.82 Å². The van der Waals surface area contributed by atoms with Crippen LogP contribution in [-0.4, -0.2) is 23.4 Å². The van der Waals surface area contributed by atoms with Gasteiger partial charge in [0.15, 0.2) is 0 Å². The number of halogens is 1. The molecule has 0 fully saturated rings. The molecule has 29 heavy (non-hydrogen) atoms. The van der Waals surface area contributed by atoms with E-state index in [0.29, 0.717) is 11.0 Å². The summed E-state index contributed by atoms with van der Waals surface area (Å²) in [5, 5.41) is 0. The van der Waals surface area contributed by atoms with E-state index in [1.807, 2.05) is 0 Å². The zero-order valence-corrected chi connectivity index (χ0v) is 15.8.